The Bertz CT molecular complexity index is 333. The summed E-state index contributed by atoms with van der Waals surface area (Å²) in [4.78, 5) is 0. The predicted molar refractivity (Wildman–Crippen MR) is 48.5 cm³/mol. The van der Waals surface area contributed by atoms with Crippen molar-refractivity contribution < 1.29 is 14.6 Å². The standard InChI is InChI=1S/C10H12O3/c1-6-3-7-4-8(11)10(12-2)5-9(7)13-6/h4-6,11H,3H2,1-2H3. The van der Waals surface area contributed by atoms with Gasteiger partial charge in [0.05, 0.1) is 7.11 Å². The van der Waals surface area contributed by atoms with Crippen LogP contribution in [0.3, 0.4) is 0 Å². The van der Waals surface area contributed by atoms with E-state index in [-0.39, 0.29) is 11.9 Å². The molecule has 0 amide bonds. The lowest BCUT2D eigenvalue weighted by atomic mass is 10.1. The molecule has 3 heteroatoms. The van der Waals surface area contributed by atoms with Gasteiger partial charge in [-0.15, -0.1) is 0 Å². The van der Waals surface area contributed by atoms with Gasteiger partial charge in [0.2, 0.25) is 0 Å². The molecule has 1 atom stereocenters. The molecule has 1 N–H and O–H groups in total. The molecule has 1 aliphatic heterocycles. The molecule has 0 aliphatic carbocycles. The zero-order chi connectivity index (χ0) is 9.42. The number of phenols is 1. The zero-order valence-corrected chi connectivity index (χ0v) is 7.70. The summed E-state index contributed by atoms with van der Waals surface area (Å²) < 4.78 is 10.5. The van der Waals surface area contributed by atoms with Crippen LogP contribution in [0.4, 0.5) is 0 Å². The van der Waals surface area contributed by atoms with Crippen LogP contribution in [0, 0.1) is 0 Å². The summed E-state index contributed by atoms with van der Waals surface area (Å²) in [6.45, 7) is 2.00. The van der Waals surface area contributed by atoms with Crippen LogP contribution >= 0.6 is 0 Å². The van der Waals surface area contributed by atoms with Gasteiger partial charge in [-0.2, -0.15) is 0 Å². The molecule has 0 spiro atoms. The predicted octanol–water partition coefficient (Wildman–Crippen LogP) is 1.72. The number of aromatic hydroxyl groups is 1. The van der Waals surface area contributed by atoms with Crippen molar-refractivity contribution in [2.75, 3.05) is 7.11 Å². The summed E-state index contributed by atoms with van der Waals surface area (Å²) in [6.07, 6.45) is 1.05. The normalized spacial score (nSPS) is 19.4. The summed E-state index contributed by atoms with van der Waals surface area (Å²) in [5, 5.41) is 9.48. The third-order valence-corrected chi connectivity index (χ3v) is 2.20. The number of hydrogen-bond acceptors (Lipinski definition) is 3. The molecule has 1 unspecified atom stereocenters. The van der Waals surface area contributed by atoms with Crippen LogP contribution in [0.25, 0.3) is 0 Å². The van der Waals surface area contributed by atoms with E-state index in [0.717, 1.165) is 17.7 Å². The minimum atomic E-state index is 0.180. The van der Waals surface area contributed by atoms with Gasteiger partial charge >= 0.3 is 0 Å². The molecule has 70 valence electrons. The molecule has 1 aliphatic rings. The third-order valence-electron chi connectivity index (χ3n) is 2.20. The number of benzene rings is 1. The Morgan fingerprint density at radius 2 is 2.31 bits per heavy atom. The first-order valence-corrected chi connectivity index (χ1v) is 4.27. The topological polar surface area (TPSA) is 38.7 Å². The number of methoxy groups -OCH3 is 1. The van der Waals surface area contributed by atoms with E-state index < -0.39 is 0 Å². The molecule has 0 fully saturated rings. The Hall–Kier alpha value is -1.38. The van der Waals surface area contributed by atoms with Gasteiger partial charge in [-0.1, -0.05) is 0 Å². The van der Waals surface area contributed by atoms with Crippen LogP contribution in [0.2, 0.25) is 0 Å². The summed E-state index contributed by atoms with van der Waals surface area (Å²) >= 11 is 0. The summed E-state index contributed by atoms with van der Waals surface area (Å²) in [7, 11) is 1.53. The van der Waals surface area contributed by atoms with Gasteiger partial charge in [0.1, 0.15) is 11.9 Å². The van der Waals surface area contributed by atoms with Crippen molar-refractivity contribution in [2.45, 2.75) is 19.4 Å². The van der Waals surface area contributed by atoms with Crippen molar-refractivity contribution in [3.8, 4) is 17.2 Å². The van der Waals surface area contributed by atoms with Crippen molar-refractivity contribution in [1.29, 1.82) is 0 Å². The Balaban J connectivity index is 2.44. The molecule has 1 aromatic rings. The molecular weight excluding hydrogens is 168 g/mol. The first-order chi connectivity index (χ1) is 6.20. The zero-order valence-electron chi connectivity index (χ0n) is 7.70. The van der Waals surface area contributed by atoms with Crippen molar-refractivity contribution in [3.05, 3.63) is 17.7 Å². The molecule has 1 aromatic carbocycles. The third kappa shape index (κ3) is 1.30. The fourth-order valence-electron chi connectivity index (χ4n) is 1.59. The fourth-order valence-corrected chi connectivity index (χ4v) is 1.59. The number of ether oxygens (including phenoxy) is 2. The van der Waals surface area contributed by atoms with Crippen molar-refractivity contribution in [2.24, 2.45) is 0 Å². The SMILES string of the molecule is COc1cc2c(cc1O)CC(C)O2. The molecule has 1 heterocycles. The molecular formula is C10H12O3. The molecule has 0 radical (unpaired) electrons. The van der Waals surface area contributed by atoms with E-state index in [1.54, 1.807) is 12.1 Å². The molecule has 0 saturated heterocycles. The van der Waals surface area contributed by atoms with Gasteiger partial charge in [0, 0.05) is 18.1 Å². The first-order valence-electron chi connectivity index (χ1n) is 4.27. The van der Waals surface area contributed by atoms with E-state index in [4.69, 9.17) is 9.47 Å². The van der Waals surface area contributed by atoms with Crippen molar-refractivity contribution in [3.63, 3.8) is 0 Å². The van der Waals surface area contributed by atoms with Gasteiger partial charge in [-0.05, 0) is 13.0 Å². The van der Waals surface area contributed by atoms with E-state index >= 15 is 0 Å². The molecule has 0 bridgehead atoms. The van der Waals surface area contributed by atoms with Crippen LogP contribution in [0.1, 0.15) is 12.5 Å². The Labute approximate surface area is 76.9 Å². The summed E-state index contributed by atoms with van der Waals surface area (Å²) in [5.41, 5.74) is 1.05. The highest BCUT2D eigenvalue weighted by atomic mass is 16.5. The minimum Gasteiger partial charge on any atom is -0.504 e. The number of fused-ring (bicyclic) bond motifs is 1. The lowest BCUT2D eigenvalue weighted by Crippen LogP contribution is -2.05. The molecule has 0 saturated carbocycles. The maximum Gasteiger partial charge on any atom is 0.164 e. The largest absolute Gasteiger partial charge is 0.504 e. The lowest BCUT2D eigenvalue weighted by molar-refractivity contribution is 0.253. The van der Waals surface area contributed by atoms with E-state index in [9.17, 15) is 5.11 Å². The van der Waals surface area contributed by atoms with Crippen LogP contribution in [-0.4, -0.2) is 18.3 Å². The highest BCUT2D eigenvalue weighted by Crippen LogP contribution is 2.38. The lowest BCUT2D eigenvalue weighted by Gasteiger charge is -2.06. The average molecular weight is 180 g/mol. The number of hydrogen-bond donors (Lipinski definition) is 1. The van der Waals surface area contributed by atoms with Gasteiger partial charge in [0.15, 0.2) is 11.5 Å². The first kappa shape index (κ1) is 8.23. The van der Waals surface area contributed by atoms with Gasteiger partial charge in [-0.3, -0.25) is 0 Å². The summed E-state index contributed by atoms with van der Waals surface area (Å²) in [6, 6.07) is 3.44. The van der Waals surface area contributed by atoms with Crippen molar-refractivity contribution in [1.82, 2.24) is 0 Å². The van der Waals surface area contributed by atoms with Crippen LogP contribution in [0.15, 0.2) is 12.1 Å². The maximum absolute atomic E-state index is 9.48. The van der Waals surface area contributed by atoms with Gasteiger partial charge in [-0.25, -0.2) is 0 Å². The van der Waals surface area contributed by atoms with E-state index in [0.29, 0.717) is 5.75 Å². The second-order valence-corrected chi connectivity index (χ2v) is 3.26. The molecule has 3 nitrogen and oxygen atoms in total. The Morgan fingerprint density at radius 3 is 3.00 bits per heavy atom. The monoisotopic (exact) mass is 180 g/mol. The number of rotatable bonds is 1. The highest BCUT2D eigenvalue weighted by Gasteiger charge is 2.21. The van der Waals surface area contributed by atoms with Crippen LogP contribution in [-0.2, 0) is 6.42 Å². The fraction of sp³-hybridized carbons (Fsp3) is 0.400. The van der Waals surface area contributed by atoms with Gasteiger partial charge in [0.25, 0.3) is 0 Å². The molecule has 0 aromatic heterocycles. The molecule has 13 heavy (non-hydrogen) atoms. The Kier molecular flexibility index (Phi) is 1.79. The van der Waals surface area contributed by atoms with Crippen molar-refractivity contribution >= 4 is 0 Å². The van der Waals surface area contributed by atoms with Crippen LogP contribution in [0.5, 0.6) is 17.2 Å². The minimum absolute atomic E-state index is 0.180. The second kappa shape index (κ2) is 2.83. The van der Waals surface area contributed by atoms with E-state index in [1.165, 1.54) is 7.11 Å². The quantitative estimate of drug-likeness (QED) is 0.715. The van der Waals surface area contributed by atoms with Crippen LogP contribution < -0.4 is 9.47 Å². The summed E-state index contributed by atoms with van der Waals surface area (Å²) in [5.74, 6) is 1.47. The maximum atomic E-state index is 9.48. The number of phenolic OH excluding ortho intramolecular Hbond substituents is 1. The van der Waals surface area contributed by atoms with Gasteiger partial charge < -0.3 is 14.6 Å². The highest BCUT2D eigenvalue weighted by molar-refractivity contribution is 5.51. The van der Waals surface area contributed by atoms with E-state index in [1.807, 2.05) is 6.92 Å². The molecule has 2 rings (SSSR count). The second-order valence-electron chi connectivity index (χ2n) is 3.26. The Morgan fingerprint density at radius 1 is 1.54 bits per heavy atom. The smallest absolute Gasteiger partial charge is 0.164 e. The van der Waals surface area contributed by atoms with E-state index in [2.05, 4.69) is 0 Å². The average Bonchev–Trinajstić information content (AvgIpc) is 2.42.